The lowest BCUT2D eigenvalue weighted by Crippen LogP contribution is -2.68. The van der Waals surface area contributed by atoms with Gasteiger partial charge in [0, 0.05) is 34.2 Å². The standard InChI is InChI=1S/C30H38N2O8/c1-11-16-19-20(25(36-6)14(3)27(38-8)29(19)40-10)23(33)22-21-18-15(12-17(31(21)4)30(34)32(16)22)24(35-5)13(2)26(37-7)28(18)39-9/h16-17,21-22H,11-12H2,1-10H3/t16-,17-,21?,22?/m0/s1. The van der Waals surface area contributed by atoms with Gasteiger partial charge in [-0.2, -0.15) is 0 Å². The number of carbonyl (C=O) groups excluding carboxylic acids is 2. The second kappa shape index (κ2) is 10.1. The molecule has 10 nitrogen and oxygen atoms in total. The Morgan fingerprint density at radius 3 is 1.70 bits per heavy atom. The number of hydrogen-bond donors (Lipinski definition) is 0. The van der Waals surface area contributed by atoms with Crippen molar-refractivity contribution in [3.8, 4) is 34.5 Å². The van der Waals surface area contributed by atoms with Crippen LogP contribution in [0.15, 0.2) is 0 Å². The van der Waals surface area contributed by atoms with Crippen LogP contribution < -0.4 is 28.4 Å². The van der Waals surface area contributed by atoms with Crippen LogP contribution in [0.5, 0.6) is 34.5 Å². The molecule has 1 amide bonds. The minimum Gasteiger partial charge on any atom is -0.496 e. The highest BCUT2D eigenvalue weighted by Gasteiger charge is 2.59. The van der Waals surface area contributed by atoms with Gasteiger partial charge in [0.1, 0.15) is 17.5 Å². The zero-order valence-corrected chi connectivity index (χ0v) is 24.9. The zero-order valence-electron chi connectivity index (χ0n) is 24.9. The predicted octanol–water partition coefficient (Wildman–Crippen LogP) is 3.81. The van der Waals surface area contributed by atoms with Crippen molar-refractivity contribution < 1.29 is 38.0 Å². The van der Waals surface area contributed by atoms with Crippen molar-refractivity contribution in [2.75, 3.05) is 49.7 Å². The number of benzene rings is 2. The van der Waals surface area contributed by atoms with Crippen LogP contribution >= 0.6 is 0 Å². The highest BCUT2D eigenvalue weighted by molar-refractivity contribution is 6.10. The summed E-state index contributed by atoms with van der Waals surface area (Å²) < 4.78 is 35.1. The largest absolute Gasteiger partial charge is 0.496 e. The number of methoxy groups -OCH3 is 6. The second-order valence-corrected chi connectivity index (χ2v) is 10.4. The Kier molecular flexibility index (Phi) is 7.02. The first-order valence-electron chi connectivity index (χ1n) is 13.4. The van der Waals surface area contributed by atoms with Crippen molar-refractivity contribution >= 4 is 11.7 Å². The van der Waals surface area contributed by atoms with Crippen LogP contribution in [0.2, 0.25) is 0 Å². The first kappa shape index (κ1) is 27.9. The zero-order chi connectivity index (χ0) is 29.2. The Balaban J connectivity index is 1.88. The van der Waals surface area contributed by atoms with Crippen molar-refractivity contribution in [3.05, 3.63) is 33.4 Å². The lowest BCUT2D eigenvalue weighted by atomic mass is 9.72. The molecule has 0 N–H and O–H groups in total. The molecule has 4 atom stereocenters. The van der Waals surface area contributed by atoms with Gasteiger partial charge in [0.25, 0.3) is 0 Å². The molecule has 1 fully saturated rings. The van der Waals surface area contributed by atoms with E-state index in [1.807, 2.05) is 32.7 Å². The van der Waals surface area contributed by atoms with E-state index >= 15 is 0 Å². The van der Waals surface area contributed by atoms with Gasteiger partial charge < -0.3 is 33.3 Å². The Morgan fingerprint density at radius 2 is 1.20 bits per heavy atom. The summed E-state index contributed by atoms with van der Waals surface area (Å²) in [4.78, 5) is 32.9. The minimum absolute atomic E-state index is 0.115. The molecule has 1 saturated heterocycles. The SMILES string of the molecule is CC[C@H]1c2c(OC)c(OC)c(C)c(OC)c2C(=O)C2C3c4c(c(OC)c(C)c(OC)c4OC)C[C@@H](C(=O)N21)N3C. The van der Waals surface area contributed by atoms with Gasteiger partial charge in [-0.1, -0.05) is 6.92 Å². The number of fused-ring (bicyclic) bond motifs is 7. The lowest BCUT2D eigenvalue weighted by molar-refractivity contribution is -0.153. The van der Waals surface area contributed by atoms with Crippen LogP contribution in [0.25, 0.3) is 0 Å². The van der Waals surface area contributed by atoms with E-state index < -0.39 is 24.2 Å². The molecule has 3 aliphatic heterocycles. The third-order valence-corrected chi connectivity index (χ3v) is 8.92. The fourth-order valence-corrected chi connectivity index (χ4v) is 7.35. The van der Waals surface area contributed by atoms with Crippen LogP contribution in [0.1, 0.15) is 63.6 Å². The quantitative estimate of drug-likeness (QED) is 0.506. The highest BCUT2D eigenvalue weighted by atomic mass is 16.5. The average Bonchev–Trinajstić information content (AvgIpc) is 2.95. The van der Waals surface area contributed by atoms with E-state index in [0.717, 1.165) is 16.7 Å². The summed E-state index contributed by atoms with van der Waals surface area (Å²) in [5.41, 5.74) is 4.14. The number of ketones is 1. The summed E-state index contributed by atoms with van der Waals surface area (Å²) in [5, 5.41) is 0. The van der Waals surface area contributed by atoms with Gasteiger partial charge in [-0.15, -0.1) is 0 Å². The van der Waals surface area contributed by atoms with Gasteiger partial charge >= 0.3 is 0 Å². The molecule has 0 saturated carbocycles. The van der Waals surface area contributed by atoms with Gasteiger partial charge in [-0.3, -0.25) is 14.5 Å². The topological polar surface area (TPSA) is 96.0 Å². The number of ether oxygens (including phenoxy) is 6. The Labute approximate surface area is 235 Å². The van der Waals surface area contributed by atoms with Crippen LogP contribution in [-0.2, 0) is 11.2 Å². The number of carbonyl (C=O) groups is 2. The van der Waals surface area contributed by atoms with E-state index in [1.165, 1.54) is 0 Å². The summed E-state index contributed by atoms with van der Waals surface area (Å²) in [6.07, 6.45) is 0.964. The van der Waals surface area contributed by atoms with Crippen molar-refractivity contribution in [1.82, 2.24) is 9.80 Å². The molecule has 2 aromatic carbocycles. The third-order valence-electron chi connectivity index (χ3n) is 8.92. The molecular formula is C30H38N2O8. The van der Waals surface area contributed by atoms with Gasteiger partial charge in [-0.05, 0) is 27.3 Å². The highest BCUT2D eigenvalue weighted by Crippen LogP contribution is 2.58. The summed E-state index contributed by atoms with van der Waals surface area (Å²) in [7, 11) is 11.3. The molecule has 0 spiro atoms. The van der Waals surface area contributed by atoms with Crippen LogP contribution in [-0.4, -0.2) is 83.3 Å². The lowest BCUT2D eigenvalue weighted by Gasteiger charge is -2.56. The summed E-state index contributed by atoms with van der Waals surface area (Å²) >= 11 is 0. The van der Waals surface area contributed by atoms with E-state index in [0.29, 0.717) is 64.0 Å². The summed E-state index contributed by atoms with van der Waals surface area (Å²) in [6, 6.07) is -2.30. The molecule has 3 heterocycles. The number of hydrogen-bond acceptors (Lipinski definition) is 9. The molecule has 10 heteroatoms. The molecule has 3 aliphatic rings. The molecule has 0 aliphatic carbocycles. The molecule has 2 aromatic rings. The molecule has 0 radical (unpaired) electrons. The third kappa shape index (κ3) is 3.38. The van der Waals surface area contributed by atoms with Crippen LogP contribution in [0.3, 0.4) is 0 Å². The van der Waals surface area contributed by atoms with Gasteiger partial charge in [0.2, 0.25) is 5.91 Å². The number of Topliss-reactive ketones (excluding diaryl/α,β-unsaturated/α-hetero) is 1. The van der Waals surface area contributed by atoms with Crippen molar-refractivity contribution in [1.29, 1.82) is 0 Å². The molecule has 2 unspecified atom stereocenters. The average molecular weight is 555 g/mol. The van der Waals surface area contributed by atoms with E-state index in [-0.39, 0.29) is 11.7 Å². The summed E-state index contributed by atoms with van der Waals surface area (Å²) in [6.45, 7) is 5.75. The maximum absolute atomic E-state index is 14.8. The molecule has 216 valence electrons. The first-order valence-corrected chi connectivity index (χ1v) is 13.4. The number of rotatable bonds is 7. The van der Waals surface area contributed by atoms with Crippen LogP contribution in [0.4, 0.5) is 0 Å². The molecule has 2 bridgehead atoms. The van der Waals surface area contributed by atoms with Crippen molar-refractivity contribution in [2.24, 2.45) is 0 Å². The van der Waals surface area contributed by atoms with E-state index in [1.54, 1.807) is 47.6 Å². The van der Waals surface area contributed by atoms with E-state index in [9.17, 15) is 9.59 Å². The molecule has 0 aromatic heterocycles. The Bertz CT molecular complexity index is 1400. The summed E-state index contributed by atoms with van der Waals surface area (Å²) in [5.74, 6) is 2.76. The molecular weight excluding hydrogens is 516 g/mol. The maximum Gasteiger partial charge on any atom is 0.241 e. The molecule has 5 rings (SSSR count). The van der Waals surface area contributed by atoms with Crippen molar-refractivity contribution in [3.63, 3.8) is 0 Å². The van der Waals surface area contributed by atoms with E-state index in [2.05, 4.69) is 0 Å². The monoisotopic (exact) mass is 554 g/mol. The number of piperazine rings is 1. The van der Waals surface area contributed by atoms with Gasteiger partial charge in [-0.25, -0.2) is 0 Å². The van der Waals surface area contributed by atoms with E-state index in [4.69, 9.17) is 28.4 Å². The van der Waals surface area contributed by atoms with Crippen molar-refractivity contribution in [2.45, 2.75) is 57.8 Å². The number of amides is 1. The first-order chi connectivity index (χ1) is 19.2. The maximum atomic E-state index is 14.8. The number of likely N-dealkylation sites (N-methyl/N-ethyl adjacent to an activating group) is 1. The smallest absolute Gasteiger partial charge is 0.241 e. The van der Waals surface area contributed by atoms with Gasteiger partial charge in [0.15, 0.2) is 28.8 Å². The van der Waals surface area contributed by atoms with Crippen LogP contribution in [0, 0.1) is 13.8 Å². The fourth-order valence-electron chi connectivity index (χ4n) is 7.35. The predicted molar refractivity (Wildman–Crippen MR) is 148 cm³/mol. The Hall–Kier alpha value is -3.66. The minimum atomic E-state index is -0.845. The Morgan fingerprint density at radius 1 is 0.700 bits per heavy atom. The molecule has 40 heavy (non-hydrogen) atoms. The normalized spacial score (nSPS) is 23.2. The fraction of sp³-hybridized carbons (Fsp3) is 0.533. The second-order valence-electron chi connectivity index (χ2n) is 10.4. The van der Waals surface area contributed by atoms with Gasteiger partial charge in [0.05, 0.1) is 66.3 Å². The number of nitrogens with zero attached hydrogens (tertiary/aromatic N) is 2.